The van der Waals surface area contributed by atoms with Crippen molar-refractivity contribution in [2.45, 2.75) is 19.4 Å². The lowest BCUT2D eigenvalue weighted by atomic mass is 9.93. The molecule has 1 aliphatic rings. The molecule has 0 aliphatic carbocycles. The van der Waals surface area contributed by atoms with Gasteiger partial charge in [-0.1, -0.05) is 6.92 Å². The molecule has 2 atom stereocenters. The van der Waals surface area contributed by atoms with E-state index in [2.05, 4.69) is 44.5 Å². The van der Waals surface area contributed by atoms with Crippen molar-refractivity contribution in [1.82, 2.24) is 10.3 Å². The summed E-state index contributed by atoms with van der Waals surface area (Å²) in [5, 5.41) is 13.8. The lowest BCUT2D eigenvalue weighted by Crippen LogP contribution is -2.51. The van der Waals surface area contributed by atoms with Crippen LogP contribution in [0.15, 0.2) is 23.5 Å². The van der Waals surface area contributed by atoms with Gasteiger partial charge in [0.2, 0.25) is 0 Å². The minimum atomic E-state index is -0.990. The van der Waals surface area contributed by atoms with Gasteiger partial charge in [-0.05, 0) is 30.6 Å². The van der Waals surface area contributed by atoms with Crippen LogP contribution < -0.4 is 10.2 Å². The number of thiocarbonyl (C=S) groups is 1. The minimum absolute atomic E-state index is 0.0984. The smallest absolute Gasteiger partial charge is 0.404 e. The number of amides is 1. The SMILES string of the molecule is CC1CCN(c2ccncc2N=C=S)CC1NC(=O)O. The largest absolute Gasteiger partial charge is 0.465 e. The predicted octanol–water partition coefficient (Wildman–Crippen LogP) is 2.30. The van der Waals surface area contributed by atoms with Gasteiger partial charge < -0.3 is 15.3 Å². The fourth-order valence-electron chi connectivity index (χ4n) is 2.42. The van der Waals surface area contributed by atoms with E-state index in [1.165, 1.54) is 0 Å². The Morgan fingerprint density at radius 1 is 1.70 bits per heavy atom. The number of rotatable bonds is 3. The maximum absolute atomic E-state index is 10.8. The highest BCUT2D eigenvalue weighted by Crippen LogP contribution is 2.30. The topological polar surface area (TPSA) is 77.8 Å². The molecule has 1 aromatic heterocycles. The van der Waals surface area contributed by atoms with Gasteiger partial charge in [0.1, 0.15) is 5.69 Å². The average Bonchev–Trinajstić information content (AvgIpc) is 2.42. The third-order valence-corrected chi connectivity index (χ3v) is 3.64. The molecule has 0 radical (unpaired) electrons. The molecule has 6 nitrogen and oxygen atoms in total. The van der Waals surface area contributed by atoms with Crippen LogP contribution in [0.25, 0.3) is 0 Å². The third-order valence-electron chi connectivity index (χ3n) is 3.55. The molecule has 2 unspecified atom stereocenters. The van der Waals surface area contributed by atoms with Crippen molar-refractivity contribution < 1.29 is 9.90 Å². The van der Waals surface area contributed by atoms with Gasteiger partial charge in [-0.2, -0.15) is 4.99 Å². The van der Waals surface area contributed by atoms with Crippen LogP contribution in [-0.4, -0.2) is 40.5 Å². The maximum atomic E-state index is 10.8. The van der Waals surface area contributed by atoms with Crippen molar-refractivity contribution >= 4 is 34.8 Å². The van der Waals surface area contributed by atoms with Gasteiger partial charge >= 0.3 is 6.09 Å². The molecule has 1 amide bonds. The molecule has 20 heavy (non-hydrogen) atoms. The second-order valence-corrected chi connectivity index (χ2v) is 5.02. The lowest BCUT2D eigenvalue weighted by Gasteiger charge is -2.38. The fourth-order valence-corrected chi connectivity index (χ4v) is 2.51. The fraction of sp³-hybridized carbons (Fsp3) is 0.462. The molecule has 0 saturated carbocycles. The third kappa shape index (κ3) is 3.31. The first-order chi connectivity index (χ1) is 9.61. The van der Waals surface area contributed by atoms with Crippen LogP contribution in [0.1, 0.15) is 13.3 Å². The van der Waals surface area contributed by atoms with Crippen molar-refractivity contribution in [2.75, 3.05) is 18.0 Å². The molecule has 7 heteroatoms. The zero-order valence-corrected chi connectivity index (χ0v) is 11.9. The Labute approximate surface area is 122 Å². The van der Waals surface area contributed by atoms with E-state index in [1.807, 2.05) is 6.07 Å². The number of hydrogen-bond donors (Lipinski definition) is 2. The van der Waals surface area contributed by atoms with Gasteiger partial charge in [0.05, 0.1) is 23.1 Å². The molecular weight excluding hydrogens is 276 g/mol. The van der Waals surface area contributed by atoms with Gasteiger partial charge in [-0.15, -0.1) is 0 Å². The normalized spacial score (nSPS) is 21.9. The summed E-state index contributed by atoms with van der Waals surface area (Å²) in [5.41, 5.74) is 1.56. The van der Waals surface area contributed by atoms with E-state index in [9.17, 15) is 4.79 Å². The molecule has 0 aromatic carbocycles. The highest BCUT2D eigenvalue weighted by atomic mass is 32.1. The first-order valence-corrected chi connectivity index (χ1v) is 6.79. The van der Waals surface area contributed by atoms with Crippen molar-refractivity contribution in [1.29, 1.82) is 0 Å². The van der Waals surface area contributed by atoms with Crippen LogP contribution in [0.4, 0.5) is 16.2 Å². The van der Waals surface area contributed by atoms with Gasteiger partial charge in [-0.25, -0.2) is 4.79 Å². The number of nitrogens with one attached hydrogen (secondary N) is 1. The standard InChI is InChI=1S/C13H16N4O2S/c1-9-3-5-17(7-11(9)16-13(18)19)12-2-4-14-6-10(12)15-8-20/h2,4,6,9,11,16H,3,5,7H2,1H3,(H,18,19). The van der Waals surface area contributed by atoms with Gasteiger partial charge in [0.15, 0.2) is 0 Å². The Morgan fingerprint density at radius 2 is 2.50 bits per heavy atom. The Bertz CT molecular complexity index is 545. The van der Waals surface area contributed by atoms with E-state index in [0.717, 1.165) is 18.7 Å². The number of nitrogens with zero attached hydrogens (tertiary/aromatic N) is 3. The van der Waals surface area contributed by atoms with E-state index >= 15 is 0 Å². The monoisotopic (exact) mass is 292 g/mol. The van der Waals surface area contributed by atoms with Crippen LogP contribution in [-0.2, 0) is 0 Å². The Morgan fingerprint density at radius 3 is 3.20 bits per heavy atom. The molecule has 1 aliphatic heterocycles. The zero-order chi connectivity index (χ0) is 14.5. The number of piperidine rings is 1. The van der Waals surface area contributed by atoms with Gasteiger partial charge in [0, 0.05) is 19.3 Å². The van der Waals surface area contributed by atoms with Gasteiger partial charge in [-0.3, -0.25) is 4.98 Å². The maximum Gasteiger partial charge on any atom is 0.404 e. The molecule has 2 rings (SSSR count). The number of pyridine rings is 1. The quantitative estimate of drug-likeness (QED) is 0.660. The van der Waals surface area contributed by atoms with Crippen LogP contribution in [0, 0.1) is 5.92 Å². The van der Waals surface area contributed by atoms with E-state index in [1.54, 1.807) is 12.4 Å². The summed E-state index contributed by atoms with van der Waals surface area (Å²) in [6.45, 7) is 3.51. The van der Waals surface area contributed by atoms with E-state index < -0.39 is 6.09 Å². The van der Waals surface area contributed by atoms with Crippen LogP contribution in [0.5, 0.6) is 0 Å². The Hall–Kier alpha value is -1.98. The number of hydrogen-bond acceptors (Lipinski definition) is 5. The second-order valence-electron chi connectivity index (χ2n) is 4.84. The number of anilines is 1. The number of isothiocyanates is 1. The molecule has 1 aromatic rings. The van der Waals surface area contributed by atoms with Crippen molar-refractivity contribution in [3.8, 4) is 0 Å². The highest BCUT2D eigenvalue weighted by molar-refractivity contribution is 7.78. The van der Waals surface area contributed by atoms with Crippen LogP contribution in [0.3, 0.4) is 0 Å². The Balaban J connectivity index is 2.21. The van der Waals surface area contributed by atoms with E-state index in [-0.39, 0.29) is 6.04 Å². The summed E-state index contributed by atoms with van der Waals surface area (Å²) >= 11 is 4.64. The average molecular weight is 292 g/mol. The minimum Gasteiger partial charge on any atom is -0.465 e. The number of aromatic nitrogens is 1. The molecule has 2 N–H and O–H groups in total. The summed E-state index contributed by atoms with van der Waals surface area (Å²) in [5.74, 6) is 0.307. The molecule has 106 valence electrons. The first-order valence-electron chi connectivity index (χ1n) is 6.38. The summed E-state index contributed by atoms with van der Waals surface area (Å²) in [6.07, 6.45) is 3.24. The summed E-state index contributed by atoms with van der Waals surface area (Å²) in [4.78, 5) is 21.0. The molecule has 2 heterocycles. The molecule has 1 fully saturated rings. The summed E-state index contributed by atoms with van der Waals surface area (Å²) < 4.78 is 0. The molecule has 1 saturated heterocycles. The van der Waals surface area contributed by atoms with Crippen molar-refractivity contribution in [2.24, 2.45) is 10.9 Å². The van der Waals surface area contributed by atoms with Crippen LogP contribution >= 0.6 is 12.2 Å². The lowest BCUT2D eigenvalue weighted by molar-refractivity contribution is 0.182. The molecular formula is C13H16N4O2S. The van der Waals surface area contributed by atoms with Gasteiger partial charge in [0.25, 0.3) is 0 Å². The molecule has 0 bridgehead atoms. The second kappa shape index (κ2) is 6.45. The predicted molar refractivity (Wildman–Crippen MR) is 79.9 cm³/mol. The van der Waals surface area contributed by atoms with E-state index in [4.69, 9.17) is 5.11 Å². The van der Waals surface area contributed by atoms with Crippen molar-refractivity contribution in [3.63, 3.8) is 0 Å². The van der Waals surface area contributed by atoms with Crippen molar-refractivity contribution in [3.05, 3.63) is 18.5 Å². The number of carbonyl (C=O) groups is 1. The number of aliphatic imine (C=N–C) groups is 1. The zero-order valence-electron chi connectivity index (χ0n) is 11.1. The molecule has 0 spiro atoms. The summed E-state index contributed by atoms with van der Waals surface area (Å²) in [6, 6.07) is 1.76. The summed E-state index contributed by atoms with van der Waals surface area (Å²) in [7, 11) is 0. The van der Waals surface area contributed by atoms with Crippen LogP contribution in [0.2, 0.25) is 0 Å². The number of carboxylic acid groups (broad SMARTS) is 1. The van der Waals surface area contributed by atoms with E-state index in [0.29, 0.717) is 18.2 Å². The first kappa shape index (κ1) is 14.4. The highest BCUT2D eigenvalue weighted by Gasteiger charge is 2.28. The Kier molecular flexibility index (Phi) is 4.65.